The average Bonchev–Trinajstić information content (AvgIpc) is 2.66. The quantitative estimate of drug-likeness (QED) is 0.181. The molecule has 0 aliphatic carbocycles. The second kappa shape index (κ2) is 19.8. The van der Waals surface area contributed by atoms with E-state index in [4.69, 9.17) is 15.3 Å². The average molecular weight is 476 g/mol. The summed E-state index contributed by atoms with van der Waals surface area (Å²) >= 11 is 0. The van der Waals surface area contributed by atoms with Crippen LogP contribution in [0, 0.1) is 0 Å². The van der Waals surface area contributed by atoms with Crippen LogP contribution >= 0.6 is 0 Å². The first-order valence-corrected chi connectivity index (χ1v) is 12.5. The van der Waals surface area contributed by atoms with Gasteiger partial charge in [0.25, 0.3) is 0 Å². The SMILES string of the molecule is CCCCCCCCCCCCCCCC[N+](C)(C)C.O=C(O)CC(O)(CC(=O)O)C(=O)[O-]. The van der Waals surface area contributed by atoms with Crippen LogP contribution in [0.2, 0.25) is 0 Å². The van der Waals surface area contributed by atoms with E-state index in [1.165, 1.54) is 96.4 Å². The molecule has 0 aromatic rings. The predicted octanol–water partition coefficient (Wildman–Crippen LogP) is 3.59. The first kappa shape index (κ1) is 33.5. The zero-order chi connectivity index (χ0) is 25.8. The minimum absolute atomic E-state index is 1.12. The molecule has 0 bridgehead atoms. The van der Waals surface area contributed by atoms with Gasteiger partial charge < -0.3 is 29.7 Å². The van der Waals surface area contributed by atoms with Crippen molar-refractivity contribution in [2.45, 2.75) is 115 Å². The van der Waals surface area contributed by atoms with Gasteiger partial charge in [-0.2, -0.15) is 0 Å². The number of carboxylic acid groups (broad SMARTS) is 3. The third-order valence-corrected chi connectivity index (χ3v) is 5.45. The second-order valence-corrected chi connectivity index (χ2v) is 10.1. The van der Waals surface area contributed by atoms with Crippen LogP contribution in [-0.2, 0) is 14.4 Å². The zero-order valence-electron chi connectivity index (χ0n) is 21.4. The number of carboxylic acids is 3. The Labute approximate surface area is 200 Å². The number of aliphatic carboxylic acids is 3. The highest BCUT2D eigenvalue weighted by atomic mass is 16.4. The van der Waals surface area contributed by atoms with Gasteiger partial charge in [-0.15, -0.1) is 0 Å². The number of nitrogens with zero attached hydrogens (tertiary/aromatic N) is 1. The molecule has 0 aromatic heterocycles. The maximum absolute atomic E-state index is 10.2. The van der Waals surface area contributed by atoms with Crippen LogP contribution in [-0.4, -0.2) is 71.0 Å². The molecule has 0 spiro atoms. The van der Waals surface area contributed by atoms with Crippen LogP contribution in [0.25, 0.3) is 0 Å². The second-order valence-electron chi connectivity index (χ2n) is 10.1. The van der Waals surface area contributed by atoms with Crippen molar-refractivity contribution in [2.75, 3.05) is 27.7 Å². The number of hydrogen-bond acceptors (Lipinski definition) is 5. The van der Waals surface area contributed by atoms with Crippen molar-refractivity contribution in [3.05, 3.63) is 0 Å². The Balaban J connectivity index is 0. The first-order chi connectivity index (χ1) is 15.3. The van der Waals surface area contributed by atoms with Crippen molar-refractivity contribution >= 4 is 17.9 Å². The van der Waals surface area contributed by atoms with Crippen molar-refractivity contribution in [3.8, 4) is 0 Å². The Morgan fingerprint density at radius 3 is 1.21 bits per heavy atom. The smallest absolute Gasteiger partial charge is 0.306 e. The lowest BCUT2D eigenvalue weighted by Gasteiger charge is -2.25. The molecular formula is C25H49NO7. The normalized spacial score (nSPS) is 11.5. The maximum atomic E-state index is 10.2. The highest BCUT2D eigenvalue weighted by Crippen LogP contribution is 2.15. The fourth-order valence-corrected chi connectivity index (χ4v) is 3.49. The van der Waals surface area contributed by atoms with Crippen LogP contribution in [0.15, 0.2) is 0 Å². The molecule has 0 saturated heterocycles. The monoisotopic (exact) mass is 475 g/mol. The summed E-state index contributed by atoms with van der Waals surface area (Å²) in [7, 11) is 6.88. The van der Waals surface area contributed by atoms with Gasteiger partial charge in [0.15, 0.2) is 0 Å². The number of hydrogen-bond donors (Lipinski definition) is 3. The van der Waals surface area contributed by atoms with Gasteiger partial charge in [-0.3, -0.25) is 9.59 Å². The molecule has 0 atom stereocenters. The van der Waals surface area contributed by atoms with E-state index in [9.17, 15) is 19.5 Å². The largest absolute Gasteiger partial charge is 0.547 e. The Kier molecular flexibility index (Phi) is 20.1. The predicted molar refractivity (Wildman–Crippen MR) is 128 cm³/mol. The molecule has 8 nitrogen and oxygen atoms in total. The molecule has 0 heterocycles. The van der Waals surface area contributed by atoms with Crippen LogP contribution in [0.4, 0.5) is 0 Å². The van der Waals surface area contributed by atoms with E-state index in [1.807, 2.05) is 0 Å². The lowest BCUT2D eigenvalue weighted by Crippen LogP contribution is -2.51. The molecule has 0 fully saturated rings. The summed E-state index contributed by atoms with van der Waals surface area (Å²) in [6.07, 6.45) is 18.0. The summed E-state index contributed by atoms with van der Waals surface area (Å²) < 4.78 is 1.12. The van der Waals surface area contributed by atoms with Gasteiger partial charge in [-0.1, -0.05) is 84.0 Å². The molecule has 0 aromatic carbocycles. The fourth-order valence-electron chi connectivity index (χ4n) is 3.49. The van der Waals surface area contributed by atoms with Gasteiger partial charge >= 0.3 is 11.9 Å². The van der Waals surface area contributed by atoms with Gasteiger partial charge in [-0.25, -0.2) is 0 Å². The van der Waals surface area contributed by atoms with E-state index in [0.29, 0.717) is 0 Å². The molecule has 8 heteroatoms. The summed E-state index contributed by atoms with van der Waals surface area (Å²) in [6, 6.07) is 0. The minimum Gasteiger partial charge on any atom is -0.547 e. The molecule has 3 N–H and O–H groups in total. The number of unbranched alkanes of at least 4 members (excludes halogenated alkanes) is 13. The van der Waals surface area contributed by atoms with Gasteiger partial charge in [0.1, 0.15) is 5.60 Å². The van der Waals surface area contributed by atoms with E-state index in [1.54, 1.807) is 0 Å². The Morgan fingerprint density at radius 1 is 0.667 bits per heavy atom. The highest BCUT2D eigenvalue weighted by molar-refractivity contribution is 5.86. The molecule has 0 unspecified atom stereocenters. The number of rotatable bonds is 20. The van der Waals surface area contributed by atoms with Crippen LogP contribution in [0.5, 0.6) is 0 Å². The number of aliphatic hydroxyl groups is 1. The Morgan fingerprint density at radius 2 is 0.970 bits per heavy atom. The molecule has 0 rings (SSSR count). The van der Waals surface area contributed by atoms with E-state index in [-0.39, 0.29) is 0 Å². The summed E-state index contributed by atoms with van der Waals surface area (Å²) in [5.41, 5.74) is -2.85. The number of quaternary nitrogens is 1. The molecular weight excluding hydrogens is 426 g/mol. The van der Waals surface area contributed by atoms with Crippen molar-refractivity contribution in [2.24, 2.45) is 0 Å². The summed E-state index contributed by atoms with van der Waals surface area (Å²) in [4.78, 5) is 30.3. The summed E-state index contributed by atoms with van der Waals surface area (Å²) in [6.45, 7) is 3.63. The minimum atomic E-state index is -2.85. The molecule has 0 aliphatic rings. The third kappa shape index (κ3) is 24.8. The molecule has 0 radical (unpaired) electrons. The van der Waals surface area contributed by atoms with Gasteiger partial charge in [0.05, 0.1) is 46.5 Å². The fraction of sp³-hybridized carbons (Fsp3) is 0.880. The van der Waals surface area contributed by atoms with E-state index in [2.05, 4.69) is 28.1 Å². The molecule has 33 heavy (non-hydrogen) atoms. The topological polar surface area (TPSA) is 135 Å². The first-order valence-electron chi connectivity index (χ1n) is 12.5. The van der Waals surface area contributed by atoms with Crippen LogP contribution in [0.1, 0.15) is 110 Å². The summed E-state index contributed by atoms with van der Waals surface area (Å²) in [5.74, 6) is -5.35. The molecule has 196 valence electrons. The van der Waals surface area contributed by atoms with Gasteiger partial charge in [0.2, 0.25) is 0 Å². The van der Waals surface area contributed by atoms with Gasteiger partial charge in [0, 0.05) is 0 Å². The van der Waals surface area contributed by atoms with Crippen LogP contribution < -0.4 is 5.11 Å². The van der Waals surface area contributed by atoms with E-state index < -0.39 is 36.4 Å². The standard InChI is InChI=1S/C19H42N.C6H8O7/c1-5-6-7-8-9-10-11-12-13-14-15-16-17-18-19-20(2,3)4;7-3(8)1-6(13,5(11)12)2-4(9)10/h5-19H2,1-4H3;13H,1-2H2,(H,7,8)(H,9,10)(H,11,12)/q+1;/p-1. The Bertz CT molecular complexity index is 513. The summed E-state index contributed by atoms with van der Waals surface area (Å²) in [5, 5.41) is 35.5. The maximum Gasteiger partial charge on any atom is 0.306 e. The van der Waals surface area contributed by atoms with Crippen molar-refractivity contribution < 1.29 is 39.3 Å². The van der Waals surface area contributed by atoms with Crippen molar-refractivity contribution in [1.29, 1.82) is 0 Å². The van der Waals surface area contributed by atoms with Crippen LogP contribution in [0.3, 0.4) is 0 Å². The lowest BCUT2D eigenvalue weighted by molar-refractivity contribution is -0.870. The van der Waals surface area contributed by atoms with Crippen molar-refractivity contribution in [3.63, 3.8) is 0 Å². The number of carbonyl (C=O) groups is 3. The Hall–Kier alpha value is -1.67. The molecule has 0 amide bonds. The molecule has 0 saturated carbocycles. The van der Waals surface area contributed by atoms with E-state index in [0.717, 1.165) is 4.48 Å². The molecule has 0 aliphatic heterocycles. The highest BCUT2D eigenvalue weighted by Gasteiger charge is 2.34. The van der Waals surface area contributed by atoms with Crippen molar-refractivity contribution in [1.82, 2.24) is 0 Å². The third-order valence-electron chi connectivity index (χ3n) is 5.45. The van der Waals surface area contributed by atoms with E-state index >= 15 is 0 Å². The zero-order valence-corrected chi connectivity index (χ0v) is 21.4. The lowest BCUT2D eigenvalue weighted by atomic mass is 9.96. The number of carbonyl (C=O) groups excluding carboxylic acids is 1. The van der Waals surface area contributed by atoms with Gasteiger partial charge in [-0.05, 0) is 12.8 Å².